The second kappa shape index (κ2) is 8.62. The topological polar surface area (TPSA) is 127 Å². The monoisotopic (exact) mass is 439 g/mol. The molecule has 166 valence electrons. The van der Waals surface area contributed by atoms with E-state index in [1.807, 2.05) is 0 Å². The molecule has 4 rings (SSSR count). The second-order valence-electron chi connectivity index (χ2n) is 7.46. The van der Waals surface area contributed by atoms with Gasteiger partial charge in [0.2, 0.25) is 5.75 Å². The Hall–Kier alpha value is -4.01. The number of nitrogens with zero attached hydrogens (tertiary/aromatic N) is 1. The number of phenolic OH excluding ortho intramolecular Hbond substituents is 2. The zero-order valence-corrected chi connectivity index (χ0v) is 17.3. The van der Waals surface area contributed by atoms with E-state index in [2.05, 4.69) is 0 Å². The van der Waals surface area contributed by atoms with Gasteiger partial charge in [0.1, 0.15) is 22.5 Å². The van der Waals surface area contributed by atoms with Crippen LogP contribution >= 0.6 is 0 Å². The molecule has 0 atom stereocenters. The molecule has 3 aromatic rings. The van der Waals surface area contributed by atoms with Crippen molar-refractivity contribution in [3.8, 4) is 34.3 Å². The minimum Gasteiger partial charge on any atom is -0.504 e. The highest BCUT2D eigenvalue weighted by molar-refractivity contribution is 5.90. The van der Waals surface area contributed by atoms with Crippen LogP contribution < -0.4 is 14.9 Å². The van der Waals surface area contributed by atoms with Gasteiger partial charge in [-0.1, -0.05) is 0 Å². The maximum Gasteiger partial charge on any atom is 0.415 e. The van der Waals surface area contributed by atoms with Crippen LogP contribution in [0.2, 0.25) is 0 Å². The summed E-state index contributed by atoms with van der Waals surface area (Å²) in [6.07, 6.45) is 2.63. The van der Waals surface area contributed by atoms with Gasteiger partial charge >= 0.3 is 12.1 Å². The minimum absolute atomic E-state index is 0.0843. The van der Waals surface area contributed by atoms with Gasteiger partial charge in [0.15, 0.2) is 16.9 Å². The van der Waals surface area contributed by atoms with Crippen molar-refractivity contribution in [3.63, 3.8) is 0 Å². The van der Waals surface area contributed by atoms with Crippen LogP contribution in [0.5, 0.6) is 23.0 Å². The van der Waals surface area contributed by atoms with Gasteiger partial charge in [-0.05, 0) is 43.5 Å². The molecular weight excluding hydrogens is 418 g/mol. The number of amides is 1. The van der Waals surface area contributed by atoms with Gasteiger partial charge in [0.25, 0.3) is 0 Å². The fraction of sp³-hybridized carbons (Fsp3) is 0.261. The molecule has 0 spiro atoms. The highest BCUT2D eigenvalue weighted by Gasteiger charge is 2.21. The lowest BCUT2D eigenvalue weighted by molar-refractivity contribution is -0.132. The van der Waals surface area contributed by atoms with Crippen molar-refractivity contribution < 1.29 is 33.7 Å². The van der Waals surface area contributed by atoms with Crippen molar-refractivity contribution in [2.75, 3.05) is 13.1 Å². The van der Waals surface area contributed by atoms with Gasteiger partial charge in [0, 0.05) is 37.7 Å². The molecule has 2 heterocycles. The number of piperidine rings is 1. The van der Waals surface area contributed by atoms with Crippen LogP contribution in [0.4, 0.5) is 4.79 Å². The van der Waals surface area contributed by atoms with Crippen LogP contribution in [0.25, 0.3) is 22.3 Å². The third-order valence-electron chi connectivity index (χ3n) is 5.13. The summed E-state index contributed by atoms with van der Waals surface area (Å²) in [7, 11) is 0. The summed E-state index contributed by atoms with van der Waals surface area (Å²) in [5.74, 6) is -1.98. The first-order chi connectivity index (χ1) is 15.3. The van der Waals surface area contributed by atoms with Crippen LogP contribution in [0, 0.1) is 0 Å². The van der Waals surface area contributed by atoms with Gasteiger partial charge < -0.3 is 29.0 Å². The zero-order valence-electron chi connectivity index (χ0n) is 17.3. The standard InChI is InChI=1S/C23H21NO8/c1-13(25)30-22-17(27)12-19-20(21(22)28)16(26)11-18(32-19)14-5-7-15(8-6-14)31-23(29)24-9-3-2-4-10-24/h5-8,11-12,27-28H,2-4,9-10H2,1H3. The molecule has 9 nitrogen and oxygen atoms in total. The van der Waals surface area contributed by atoms with Gasteiger partial charge in [-0.3, -0.25) is 9.59 Å². The molecule has 0 bridgehead atoms. The molecule has 1 amide bonds. The molecule has 0 unspecified atom stereocenters. The van der Waals surface area contributed by atoms with E-state index in [0.29, 0.717) is 24.4 Å². The van der Waals surface area contributed by atoms with Crippen LogP contribution in [0.3, 0.4) is 0 Å². The summed E-state index contributed by atoms with van der Waals surface area (Å²) >= 11 is 0. The number of ether oxygens (including phenoxy) is 2. The number of fused-ring (bicyclic) bond motifs is 1. The number of esters is 1. The smallest absolute Gasteiger partial charge is 0.415 e. The average molecular weight is 439 g/mol. The average Bonchev–Trinajstić information content (AvgIpc) is 2.77. The van der Waals surface area contributed by atoms with Crippen LogP contribution in [-0.2, 0) is 4.79 Å². The molecule has 1 saturated heterocycles. The van der Waals surface area contributed by atoms with Crippen LogP contribution in [0.15, 0.2) is 45.6 Å². The van der Waals surface area contributed by atoms with Crippen molar-refractivity contribution in [2.45, 2.75) is 26.2 Å². The van der Waals surface area contributed by atoms with E-state index in [1.54, 1.807) is 29.2 Å². The molecule has 1 aliphatic rings. The van der Waals surface area contributed by atoms with E-state index in [1.165, 1.54) is 6.07 Å². The number of carbonyl (C=O) groups is 2. The number of phenols is 2. The maximum atomic E-state index is 12.6. The van der Waals surface area contributed by atoms with Crippen LogP contribution in [0.1, 0.15) is 26.2 Å². The Morgan fingerprint density at radius 3 is 2.34 bits per heavy atom. The molecule has 1 fully saturated rings. The third kappa shape index (κ3) is 4.22. The number of benzene rings is 2. The third-order valence-corrected chi connectivity index (χ3v) is 5.13. The summed E-state index contributed by atoms with van der Waals surface area (Å²) in [6.45, 7) is 2.46. The Balaban J connectivity index is 1.61. The van der Waals surface area contributed by atoms with Gasteiger partial charge in [-0.25, -0.2) is 4.79 Å². The molecule has 32 heavy (non-hydrogen) atoms. The lowest BCUT2D eigenvalue weighted by Gasteiger charge is -2.25. The van der Waals surface area contributed by atoms with E-state index >= 15 is 0 Å². The molecule has 0 aliphatic carbocycles. The van der Waals surface area contributed by atoms with Crippen molar-refractivity contribution in [2.24, 2.45) is 0 Å². The van der Waals surface area contributed by atoms with Crippen molar-refractivity contribution in [1.29, 1.82) is 0 Å². The minimum atomic E-state index is -0.767. The second-order valence-corrected chi connectivity index (χ2v) is 7.46. The first-order valence-electron chi connectivity index (χ1n) is 10.1. The molecular formula is C23H21NO8. The fourth-order valence-electron chi connectivity index (χ4n) is 3.59. The highest BCUT2D eigenvalue weighted by atomic mass is 16.6. The van der Waals surface area contributed by atoms with E-state index in [0.717, 1.165) is 32.3 Å². The summed E-state index contributed by atoms with van der Waals surface area (Å²) in [4.78, 5) is 37.7. The molecule has 1 aliphatic heterocycles. The van der Waals surface area contributed by atoms with Gasteiger partial charge in [-0.2, -0.15) is 0 Å². The molecule has 9 heteroatoms. The van der Waals surface area contributed by atoms with Gasteiger partial charge in [-0.15, -0.1) is 0 Å². The summed E-state index contributed by atoms with van der Waals surface area (Å²) in [5, 5.41) is 20.1. The Bertz CT molecular complexity index is 1240. The van der Waals surface area contributed by atoms with E-state index in [9.17, 15) is 24.6 Å². The van der Waals surface area contributed by atoms with E-state index in [4.69, 9.17) is 13.9 Å². The van der Waals surface area contributed by atoms with Crippen molar-refractivity contribution >= 4 is 23.0 Å². The number of hydrogen-bond donors (Lipinski definition) is 2. The van der Waals surface area contributed by atoms with Crippen LogP contribution in [-0.4, -0.2) is 40.3 Å². The molecule has 2 aromatic carbocycles. The molecule has 0 radical (unpaired) electrons. The lowest BCUT2D eigenvalue weighted by atomic mass is 10.1. The Labute approximate surface area is 182 Å². The molecule has 1 aromatic heterocycles. The number of likely N-dealkylation sites (tertiary alicyclic amines) is 1. The Morgan fingerprint density at radius 2 is 1.69 bits per heavy atom. The predicted octanol–water partition coefficient (Wildman–Crippen LogP) is 3.78. The first-order valence-corrected chi connectivity index (χ1v) is 10.1. The zero-order chi connectivity index (χ0) is 22.8. The van der Waals surface area contributed by atoms with E-state index in [-0.39, 0.29) is 16.7 Å². The fourth-order valence-corrected chi connectivity index (χ4v) is 3.59. The predicted molar refractivity (Wildman–Crippen MR) is 114 cm³/mol. The van der Waals surface area contributed by atoms with E-state index < -0.39 is 34.7 Å². The number of carbonyl (C=O) groups excluding carboxylic acids is 2. The quantitative estimate of drug-likeness (QED) is 0.466. The first kappa shape index (κ1) is 21.2. The SMILES string of the molecule is CC(=O)Oc1c(O)cc2oc(-c3ccc(OC(=O)N4CCCCC4)cc3)cc(=O)c2c1O. The number of rotatable bonds is 3. The number of hydrogen-bond acceptors (Lipinski definition) is 8. The maximum absolute atomic E-state index is 12.6. The van der Waals surface area contributed by atoms with Gasteiger partial charge in [0.05, 0.1) is 0 Å². The summed E-state index contributed by atoms with van der Waals surface area (Å²) in [6, 6.07) is 8.67. The highest BCUT2D eigenvalue weighted by Crippen LogP contribution is 2.41. The summed E-state index contributed by atoms with van der Waals surface area (Å²) < 4.78 is 15.9. The molecule has 0 saturated carbocycles. The van der Waals surface area contributed by atoms with Crippen molar-refractivity contribution in [3.05, 3.63) is 46.6 Å². The Kier molecular flexibility index (Phi) is 5.72. The van der Waals surface area contributed by atoms with Crippen molar-refractivity contribution in [1.82, 2.24) is 4.90 Å². The largest absolute Gasteiger partial charge is 0.504 e. The molecule has 2 N–H and O–H groups in total. The number of aromatic hydroxyl groups is 2. The Morgan fingerprint density at radius 1 is 1.00 bits per heavy atom. The normalized spacial score (nSPS) is 13.7. The lowest BCUT2D eigenvalue weighted by Crippen LogP contribution is -2.37. The summed E-state index contributed by atoms with van der Waals surface area (Å²) in [5.41, 5.74) is -0.156.